The second kappa shape index (κ2) is 12.2. The van der Waals surface area contributed by atoms with Crippen molar-refractivity contribution in [1.29, 1.82) is 0 Å². The molecule has 6 rings (SSSR count). The van der Waals surface area contributed by atoms with E-state index in [0.29, 0.717) is 48.4 Å². The Bertz CT molecular complexity index is 1770. The number of aryl methyl sites for hydroxylation is 2. The first-order valence-corrected chi connectivity index (χ1v) is 15.1. The molecular formula is C32H35FN8O4. The lowest BCUT2D eigenvalue weighted by molar-refractivity contribution is -0.139. The summed E-state index contributed by atoms with van der Waals surface area (Å²) in [6.07, 6.45) is 4.86. The summed E-state index contributed by atoms with van der Waals surface area (Å²) in [6.45, 7) is 5.61. The highest BCUT2D eigenvalue weighted by atomic mass is 19.1. The number of benzene rings is 1. The number of carbonyl (C=O) groups is 4. The van der Waals surface area contributed by atoms with Crippen LogP contribution in [0.5, 0.6) is 0 Å². The van der Waals surface area contributed by atoms with Crippen LogP contribution in [-0.2, 0) is 16.1 Å². The minimum absolute atomic E-state index is 0.0832. The van der Waals surface area contributed by atoms with Crippen LogP contribution in [0, 0.1) is 13.8 Å². The van der Waals surface area contributed by atoms with E-state index >= 15 is 0 Å². The zero-order valence-electron chi connectivity index (χ0n) is 25.4. The van der Waals surface area contributed by atoms with Crippen molar-refractivity contribution in [2.45, 2.75) is 64.8 Å². The number of amides is 3. The Kier molecular flexibility index (Phi) is 8.17. The number of hydrogen-bond donors (Lipinski definition) is 2. The number of Topliss-reactive ketones (excluding diaryl/α,β-unsaturated/α-hetero) is 1. The molecule has 0 saturated carbocycles. The van der Waals surface area contributed by atoms with Gasteiger partial charge in [0.2, 0.25) is 11.8 Å². The summed E-state index contributed by atoms with van der Waals surface area (Å²) in [5.74, 6) is -0.581. The number of ketones is 1. The second-order valence-electron chi connectivity index (χ2n) is 11.9. The fourth-order valence-corrected chi connectivity index (χ4v) is 6.13. The first kappa shape index (κ1) is 30.1. The molecule has 45 heavy (non-hydrogen) atoms. The molecule has 3 aromatic heterocycles. The predicted octanol–water partition coefficient (Wildman–Crippen LogP) is 3.00. The molecule has 2 aliphatic heterocycles. The maximum absolute atomic E-state index is 14.7. The van der Waals surface area contributed by atoms with E-state index in [9.17, 15) is 23.6 Å². The van der Waals surface area contributed by atoms with Crippen LogP contribution in [0.1, 0.15) is 58.6 Å². The van der Waals surface area contributed by atoms with Crippen molar-refractivity contribution in [2.24, 2.45) is 0 Å². The van der Waals surface area contributed by atoms with Crippen LogP contribution in [0.4, 0.5) is 4.39 Å². The van der Waals surface area contributed by atoms with E-state index in [4.69, 9.17) is 0 Å². The van der Waals surface area contributed by atoms with Crippen molar-refractivity contribution in [3.05, 3.63) is 65.6 Å². The molecule has 234 valence electrons. The first-order chi connectivity index (χ1) is 21.6. The number of rotatable bonds is 7. The van der Waals surface area contributed by atoms with Crippen LogP contribution in [0.25, 0.3) is 22.0 Å². The zero-order chi connectivity index (χ0) is 31.8. The van der Waals surface area contributed by atoms with Gasteiger partial charge >= 0.3 is 0 Å². The molecule has 0 spiro atoms. The Morgan fingerprint density at radius 2 is 1.78 bits per heavy atom. The van der Waals surface area contributed by atoms with Gasteiger partial charge in [0.05, 0.1) is 12.1 Å². The van der Waals surface area contributed by atoms with Crippen LogP contribution in [-0.4, -0.2) is 95.9 Å². The molecule has 2 saturated heterocycles. The Labute approximate surface area is 259 Å². The number of fused-ring (bicyclic) bond motifs is 1. The van der Waals surface area contributed by atoms with Gasteiger partial charge < -0.3 is 20.1 Å². The lowest BCUT2D eigenvalue weighted by atomic mass is 10.0. The molecule has 2 N–H and O–H groups in total. The summed E-state index contributed by atoms with van der Waals surface area (Å²) >= 11 is 0. The molecule has 12 nitrogen and oxygen atoms in total. The van der Waals surface area contributed by atoms with Crippen LogP contribution in [0.2, 0.25) is 0 Å². The molecule has 5 heterocycles. The maximum atomic E-state index is 14.7. The van der Waals surface area contributed by atoms with Gasteiger partial charge in [0.1, 0.15) is 36.0 Å². The molecule has 0 unspecified atom stereocenters. The highest BCUT2D eigenvalue weighted by Gasteiger charge is 2.41. The molecule has 1 aromatic carbocycles. The summed E-state index contributed by atoms with van der Waals surface area (Å²) in [6, 6.07) is 6.08. The largest absolute Gasteiger partial charge is 0.357 e. The van der Waals surface area contributed by atoms with Crippen molar-refractivity contribution >= 4 is 34.4 Å². The van der Waals surface area contributed by atoms with Gasteiger partial charge in [0, 0.05) is 62.0 Å². The standard InChI is InChI=1S/C32H35FN8O4/c1-18-10-26(36-13-18)32(45)39-8-6-24(7-9-39)37-31(44)28-12-23(33)16-40(28)29(43)17-41-27-5-4-21(22-14-34-20(3)35-15-22)11-25(27)30(38-41)19(2)42/h4-5,10-11,13-15,23-24,28,36H,6-9,12,16-17H2,1-3H3,(H,37,44)/t23-,28+/m1/s1. The number of H-pyrrole nitrogens is 1. The highest BCUT2D eigenvalue weighted by Crippen LogP contribution is 2.28. The Hall–Kier alpha value is -4.94. The highest BCUT2D eigenvalue weighted by molar-refractivity contribution is 6.06. The van der Waals surface area contributed by atoms with Gasteiger partial charge in [0.25, 0.3) is 5.91 Å². The van der Waals surface area contributed by atoms with E-state index in [1.807, 2.05) is 19.1 Å². The maximum Gasteiger partial charge on any atom is 0.270 e. The van der Waals surface area contributed by atoms with Crippen LogP contribution in [0.15, 0.2) is 42.9 Å². The molecule has 2 atom stereocenters. The fraction of sp³-hybridized carbons (Fsp3) is 0.406. The van der Waals surface area contributed by atoms with Gasteiger partial charge in [-0.3, -0.25) is 23.9 Å². The second-order valence-corrected chi connectivity index (χ2v) is 11.9. The van der Waals surface area contributed by atoms with Gasteiger partial charge in [-0.2, -0.15) is 5.10 Å². The summed E-state index contributed by atoms with van der Waals surface area (Å²) in [7, 11) is 0. The van der Waals surface area contributed by atoms with Crippen LogP contribution < -0.4 is 5.32 Å². The third-order valence-electron chi connectivity index (χ3n) is 8.54. The third kappa shape index (κ3) is 6.19. The molecular weight excluding hydrogens is 579 g/mol. The number of aromatic nitrogens is 5. The molecule has 4 aromatic rings. The molecule has 13 heteroatoms. The minimum Gasteiger partial charge on any atom is -0.357 e. The molecule has 3 amide bonds. The number of piperidine rings is 1. The number of carbonyl (C=O) groups excluding carboxylic acids is 4. The third-order valence-corrected chi connectivity index (χ3v) is 8.54. The molecule has 2 fully saturated rings. The van der Waals surface area contributed by atoms with Crippen LogP contribution >= 0.6 is 0 Å². The van der Waals surface area contributed by atoms with E-state index < -0.39 is 24.0 Å². The molecule has 0 bridgehead atoms. The Balaban J connectivity index is 1.13. The number of aromatic amines is 1. The molecule has 2 aliphatic rings. The zero-order valence-corrected chi connectivity index (χ0v) is 25.4. The number of alkyl halides is 1. The lowest BCUT2D eigenvalue weighted by Gasteiger charge is -2.33. The van der Waals surface area contributed by atoms with E-state index in [0.717, 1.165) is 16.7 Å². The van der Waals surface area contributed by atoms with Crippen molar-refractivity contribution in [2.75, 3.05) is 19.6 Å². The van der Waals surface area contributed by atoms with Crippen molar-refractivity contribution in [1.82, 2.24) is 39.8 Å². The van der Waals surface area contributed by atoms with E-state index in [1.165, 1.54) is 16.5 Å². The average Bonchev–Trinajstić information content (AvgIpc) is 3.74. The summed E-state index contributed by atoms with van der Waals surface area (Å²) < 4.78 is 16.1. The number of nitrogens with one attached hydrogen (secondary N) is 2. The van der Waals surface area contributed by atoms with E-state index in [2.05, 4.69) is 25.4 Å². The lowest BCUT2D eigenvalue weighted by Crippen LogP contribution is -2.52. The number of likely N-dealkylation sites (tertiary alicyclic amines) is 2. The van der Waals surface area contributed by atoms with E-state index in [-0.39, 0.29) is 42.9 Å². The monoisotopic (exact) mass is 614 g/mol. The fourth-order valence-electron chi connectivity index (χ4n) is 6.13. The van der Waals surface area contributed by atoms with E-state index in [1.54, 1.807) is 42.5 Å². The quantitative estimate of drug-likeness (QED) is 0.304. The van der Waals surface area contributed by atoms with Gasteiger partial charge in [-0.05, 0) is 56.0 Å². The SMILES string of the molecule is CC(=O)c1nn(CC(=O)N2C[C@H](F)C[C@H]2C(=O)NC2CCN(C(=O)c3cc(C)c[nH]3)CC2)c2ccc(-c3cnc(C)nc3)cc12. The Morgan fingerprint density at radius 1 is 1.04 bits per heavy atom. The normalized spacial score (nSPS) is 18.8. The van der Waals surface area contributed by atoms with Gasteiger partial charge in [-0.25, -0.2) is 14.4 Å². The van der Waals surface area contributed by atoms with Crippen molar-refractivity contribution in [3.8, 4) is 11.1 Å². The average molecular weight is 615 g/mol. The smallest absolute Gasteiger partial charge is 0.270 e. The van der Waals surface area contributed by atoms with Crippen molar-refractivity contribution in [3.63, 3.8) is 0 Å². The predicted molar refractivity (Wildman–Crippen MR) is 163 cm³/mol. The summed E-state index contributed by atoms with van der Waals surface area (Å²) in [5, 5.41) is 7.99. The number of halogens is 1. The summed E-state index contributed by atoms with van der Waals surface area (Å²) in [4.78, 5) is 66.6. The van der Waals surface area contributed by atoms with Crippen LogP contribution in [0.3, 0.4) is 0 Å². The molecule has 0 aliphatic carbocycles. The van der Waals surface area contributed by atoms with Gasteiger partial charge in [-0.15, -0.1) is 0 Å². The minimum atomic E-state index is -1.34. The Morgan fingerprint density at radius 3 is 2.44 bits per heavy atom. The topological polar surface area (TPSA) is 146 Å². The first-order valence-electron chi connectivity index (χ1n) is 15.1. The number of nitrogens with zero attached hydrogens (tertiary/aromatic N) is 6. The molecule has 0 radical (unpaired) electrons. The number of hydrogen-bond acceptors (Lipinski definition) is 7. The van der Waals surface area contributed by atoms with Gasteiger partial charge in [-0.1, -0.05) is 6.07 Å². The van der Waals surface area contributed by atoms with Crippen molar-refractivity contribution < 1.29 is 23.6 Å². The van der Waals surface area contributed by atoms with Gasteiger partial charge in [0.15, 0.2) is 5.78 Å². The summed E-state index contributed by atoms with van der Waals surface area (Å²) in [5.41, 5.74) is 3.85.